The van der Waals surface area contributed by atoms with Crippen LogP contribution in [0.2, 0.25) is 0 Å². The van der Waals surface area contributed by atoms with Crippen LogP contribution in [0.3, 0.4) is 0 Å². The van der Waals surface area contributed by atoms with Crippen molar-refractivity contribution in [3.8, 4) is 22.9 Å². The molecule has 1 atom stereocenters. The largest absolute Gasteiger partial charge is 0.439 e. The number of aliphatic hydroxyl groups excluding tert-OH is 1. The summed E-state index contributed by atoms with van der Waals surface area (Å²) < 4.78 is 26.8. The number of aliphatic hydroxyl groups is 1. The molecule has 4 rings (SSSR count). The molecule has 188 valence electrons. The first kappa shape index (κ1) is 25.3. The van der Waals surface area contributed by atoms with Crippen LogP contribution in [0.1, 0.15) is 18.9 Å². The molecule has 1 fully saturated rings. The van der Waals surface area contributed by atoms with E-state index in [4.69, 9.17) is 14.6 Å². The number of aromatic nitrogens is 2. The third-order valence-corrected chi connectivity index (χ3v) is 6.13. The summed E-state index contributed by atoms with van der Waals surface area (Å²) in [6, 6.07) is 16.0. The fourth-order valence-electron chi connectivity index (χ4n) is 4.48. The lowest BCUT2D eigenvalue weighted by atomic mass is 10.1. The van der Waals surface area contributed by atoms with Crippen LogP contribution in [-0.4, -0.2) is 76.7 Å². The molecule has 0 radical (unpaired) electrons. The Bertz CT molecular complexity index is 1050. The Morgan fingerprint density at radius 1 is 1.11 bits per heavy atom. The van der Waals surface area contributed by atoms with E-state index in [0.717, 1.165) is 42.9 Å². The molecular formula is C27H35FN4O3. The van der Waals surface area contributed by atoms with E-state index in [1.807, 2.05) is 37.4 Å². The van der Waals surface area contributed by atoms with Gasteiger partial charge in [0.2, 0.25) is 5.88 Å². The van der Waals surface area contributed by atoms with E-state index in [0.29, 0.717) is 44.5 Å². The van der Waals surface area contributed by atoms with Crippen molar-refractivity contribution in [1.29, 1.82) is 0 Å². The molecule has 1 N–H and O–H groups in total. The summed E-state index contributed by atoms with van der Waals surface area (Å²) >= 11 is 0. The van der Waals surface area contributed by atoms with Gasteiger partial charge >= 0.3 is 0 Å². The third kappa shape index (κ3) is 6.89. The summed E-state index contributed by atoms with van der Waals surface area (Å²) in [4.78, 5) is 4.51. The van der Waals surface area contributed by atoms with Gasteiger partial charge < -0.3 is 14.6 Å². The Morgan fingerprint density at radius 2 is 1.83 bits per heavy atom. The quantitative estimate of drug-likeness (QED) is 0.447. The van der Waals surface area contributed by atoms with Gasteiger partial charge in [-0.15, -0.1) is 0 Å². The predicted molar refractivity (Wildman–Crippen MR) is 134 cm³/mol. The van der Waals surface area contributed by atoms with Gasteiger partial charge in [0.25, 0.3) is 0 Å². The van der Waals surface area contributed by atoms with Crippen LogP contribution in [0.15, 0.2) is 54.6 Å². The number of morpholine rings is 1. The van der Waals surface area contributed by atoms with Gasteiger partial charge in [-0.25, -0.2) is 9.07 Å². The van der Waals surface area contributed by atoms with Gasteiger partial charge in [-0.3, -0.25) is 9.80 Å². The number of rotatable bonds is 11. The van der Waals surface area contributed by atoms with E-state index in [-0.39, 0.29) is 5.82 Å². The van der Waals surface area contributed by atoms with Crippen molar-refractivity contribution >= 4 is 0 Å². The molecule has 0 saturated carbocycles. The van der Waals surface area contributed by atoms with Crippen LogP contribution < -0.4 is 4.74 Å². The van der Waals surface area contributed by atoms with Gasteiger partial charge in [0, 0.05) is 45.3 Å². The van der Waals surface area contributed by atoms with E-state index in [1.54, 1.807) is 16.8 Å². The first-order valence-electron chi connectivity index (χ1n) is 12.3. The molecule has 1 aliphatic heterocycles. The minimum Gasteiger partial charge on any atom is -0.439 e. The molecule has 2 heterocycles. The lowest BCUT2D eigenvalue weighted by Crippen LogP contribution is -2.44. The number of hydrogen-bond acceptors (Lipinski definition) is 6. The van der Waals surface area contributed by atoms with Gasteiger partial charge in [-0.2, -0.15) is 5.10 Å². The zero-order valence-electron chi connectivity index (χ0n) is 20.6. The number of halogens is 1. The van der Waals surface area contributed by atoms with E-state index in [1.165, 1.54) is 12.1 Å². The average molecular weight is 483 g/mol. The highest BCUT2D eigenvalue weighted by Gasteiger charge is 2.24. The second kappa shape index (κ2) is 12.3. The fourth-order valence-corrected chi connectivity index (χ4v) is 4.48. The minimum absolute atomic E-state index is 0.309. The van der Waals surface area contributed by atoms with E-state index >= 15 is 0 Å². The summed E-state index contributed by atoms with van der Waals surface area (Å²) in [6.07, 6.45) is 0.484. The molecule has 0 unspecified atom stereocenters. The van der Waals surface area contributed by atoms with Crippen molar-refractivity contribution in [2.45, 2.75) is 26.0 Å². The number of nitrogens with zero attached hydrogens (tertiary/aromatic N) is 4. The van der Waals surface area contributed by atoms with Gasteiger partial charge in [0.1, 0.15) is 17.3 Å². The van der Waals surface area contributed by atoms with Crippen LogP contribution in [0.25, 0.3) is 11.3 Å². The predicted octanol–water partition coefficient (Wildman–Crippen LogP) is 3.92. The molecule has 1 aromatic heterocycles. The van der Waals surface area contributed by atoms with Crippen molar-refractivity contribution in [1.82, 2.24) is 19.6 Å². The molecule has 0 amide bonds. The first-order valence-corrected chi connectivity index (χ1v) is 12.3. The number of β-amino-alcohol motifs (C(OH)–C–C–N with tert-alkyl or cyclic N) is 1. The standard InChI is InChI=1S/C27H35FN4O3/c1-3-13-32(19-23(33)18-31-14-16-34-17-15-31)20-25-26(21-7-5-4-6-8-21)29-30(2)27(25)35-24-11-9-22(28)10-12-24/h4-12,23,33H,3,13-20H2,1-2H3/t23-/m1/s1. The summed E-state index contributed by atoms with van der Waals surface area (Å²) in [5.74, 6) is 0.847. The van der Waals surface area contributed by atoms with Crippen molar-refractivity contribution in [3.05, 3.63) is 66.0 Å². The van der Waals surface area contributed by atoms with Gasteiger partial charge in [-0.1, -0.05) is 37.3 Å². The molecule has 8 heteroatoms. The topological polar surface area (TPSA) is 63.0 Å². The molecule has 3 aromatic rings. The molecule has 2 aromatic carbocycles. The summed E-state index contributed by atoms with van der Waals surface area (Å²) in [5.41, 5.74) is 2.78. The monoisotopic (exact) mass is 482 g/mol. The minimum atomic E-state index is -0.474. The van der Waals surface area contributed by atoms with Crippen molar-refractivity contribution < 1.29 is 19.0 Å². The maximum Gasteiger partial charge on any atom is 0.222 e. The molecule has 35 heavy (non-hydrogen) atoms. The molecule has 1 saturated heterocycles. The Kier molecular flexibility index (Phi) is 8.87. The normalized spacial score (nSPS) is 15.5. The summed E-state index contributed by atoms with van der Waals surface area (Å²) in [5, 5.41) is 15.7. The Hall–Kier alpha value is -2.78. The van der Waals surface area contributed by atoms with Crippen LogP contribution >= 0.6 is 0 Å². The van der Waals surface area contributed by atoms with E-state index in [9.17, 15) is 9.50 Å². The highest BCUT2D eigenvalue weighted by molar-refractivity contribution is 5.65. The fraction of sp³-hybridized carbons (Fsp3) is 0.444. The smallest absolute Gasteiger partial charge is 0.222 e. The number of benzene rings is 2. The summed E-state index contributed by atoms with van der Waals surface area (Å²) in [6.45, 7) is 7.84. The number of aryl methyl sites for hydroxylation is 1. The number of hydrogen-bond donors (Lipinski definition) is 1. The van der Waals surface area contributed by atoms with Gasteiger partial charge in [0.05, 0.1) is 24.9 Å². The van der Waals surface area contributed by atoms with Crippen LogP contribution in [0.4, 0.5) is 4.39 Å². The molecule has 0 bridgehead atoms. The lowest BCUT2D eigenvalue weighted by Gasteiger charge is -2.31. The van der Waals surface area contributed by atoms with Crippen LogP contribution in [-0.2, 0) is 18.3 Å². The average Bonchev–Trinajstić information content (AvgIpc) is 3.16. The van der Waals surface area contributed by atoms with Crippen molar-refractivity contribution in [2.24, 2.45) is 7.05 Å². The highest BCUT2D eigenvalue weighted by atomic mass is 19.1. The van der Waals surface area contributed by atoms with E-state index in [2.05, 4.69) is 16.7 Å². The van der Waals surface area contributed by atoms with E-state index < -0.39 is 6.10 Å². The number of ether oxygens (including phenoxy) is 2. The van der Waals surface area contributed by atoms with Crippen LogP contribution in [0, 0.1) is 5.82 Å². The third-order valence-electron chi connectivity index (χ3n) is 6.13. The summed E-state index contributed by atoms with van der Waals surface area (Å²) in [7, 11) is 1.85. The molecule has 7 nitrogen and oxygen atoms in total. The SMILES string of the molecule is CCCN(Cc1c(-c2ccccc2)nn(C)c1Oc1ccc(F)cc1)C[C@H](O)CN1CCOCC1. The molecule has 0 spiro atoms. The molecule has 0 aliphatic carbocycles. The van der Waals surface area contributed by atoms with Crippen LogP contribution in [0.5, 0.6) is 11.6 Å². The Balaban J connectivity index is 1.59. The highest BCUT2D eigenvalue weighted by Crippen LogP contribution is 2.34. The first-order chi connectivity index (χ1) is 17.0. The lowest BCUT2D eigenvalue weighted by molar-refractivity contribution is 0.00624. The maximum atomic E-state index is 13.4. The van der Waals surface area contributed by atoms with Gasteiger partial charge in [-0.05, 0) is 37.2 Å². The molecule has 1 aliphatic rings. The van der Waals surface area contributed by atoms with Crippen molar-refractivity contribution in [2.75, 3.05) is 45.9 Å². The Labute approximate surface area is 206 Å². The zero-order chi connectivity index (χ0) is 24.6. The molecular weight excluding hydrogens is 447 g/mol. The van der Waals surface area contributed by atoms with Gasteiger partial charge in [0.15, 0.2) is 0 Å². The zero-order valence-corrected chi connectivity index (χ0v) is 20.6. The second-order valence-corrected chi connectivity index (χ2v) is 8.98. The maximum absolute atomic E-state index is 13.4. The Morgan fingerprint density at radius 3 is 2.51 bits per heavy atom. The van der Waals surface area contributed by atoms with Crippen molar-refractivity contribution in [3.63, 3.8) is 0 Å². The second-order valence-electron chi connectivity index (χ2n) is 8.98.